The van der Waals surface area contributed by atoms with E-state index >= 15 is 0 Å². The predicted octanol–water partition coefficient (Wildman–Crippen LogP) is 3.23. The summed E-state index contributed by atoms with van der Waals surface area (Å²) in [4.78, 5) is 4.36. The Balaban J connectivity index is 2.19. The Morgan fingerprint density at radius 1 is 1.41 bits per heavy atom. The first-order valence-electron chi connectivity index (χ1n) is 5.74. The van der Waals surface area contributed by atoms with Crippen molar-refractivity contribution in [3.63, 3.8) is 0 Å². The molecule has 0 bridgehead atoms. The summed E-state index contributed by atoms with van der Waals surface area (Å²) < 4.78 is 3.12. The minimum atomic E-state index is 0.777. The number of nitrogens with two attached hydrogens (primary N) is 1. The molecule has 0 aliphatic heterocycles. The van der Waals surface area contributed by atoms with Crippen LogP contribution in [0.4, 0.5) is 5.69 Å². The van der Waals surface area contributed by atoms with Crippen LogP contribution in [0.15, 0.2) is 35.1 Å². The maximum absolute atomic E-state index is 5.87. The Morgan fingerprint density at radius 2 is 2.24 bits per heavy atom. The van der Waals surface area contributed by atoms with Gasteiger partial charge in [0.15, 0.2) is 0 Å². The van der Waals surface area contributed by atoms with Crippen LogP contribution in [0.5, 0.6) is 0 Å². The van der Waals surface area contributed by atoms with E-state index in [1.54, 1.807) is 0 Å². The first-order chi connectivity index (χ1) is 8.20. The first-order valence-corrected chi connectivity index (χ1v) is 6.54. The Bertz CT molecular complexity index is 505. The van der Waals surface area contributed by atoms with Crippen molar-refractivity contribution in [2.45, 2.75) is 26.3 Å². The number of aryl methyl sites for hydroxylation is 1. The summed E-state index contributed by atoms with van der Waals surface area (Å²) in [5.41, 5.74) is 7.85. The molecule has 90 valence electrons. The normalized spacial score (nSPS) is 10.7. The maximum atomic E-state index is 5.87. The lowest BCUT2D eigenvalue weighted by Crippen LogP contribution is -2.04. The number of hydrogen-bond acceptors (Lipinski definition) is 2. The molecule has 17 heavy (non-hydrogen) atoms. The van der Waals surface area contributed by atoms with E-state index in [-0.39, 0.29) is 0 Å². The molecule has 0 spiro atoms. The Hall–Kier alpha value is -1.29. The SMILES string of the molecule is CCCc1nccn1Cc1ccc(Br)c(N)c1. The van der Waals surface area contributed by atoms with Crippen LogP contribution < -0.4 is 5.73 Å². The van der Waals surface area contributed by atoms with Crippen LogP contribution in [0.2, 0.25) is 0 Å². The number of nitrogen functional groups attached to an aromatic ring is 1. The van der Waals surface area contributed by atoms with Crippen LogP contribution in [0, 0.1) is 0 Å². The molecule has 1 aromatic carbocycles. The molecule has 0 saturated carbocycles. The quantitative estimate of drug-likeness (QED) is 0.880. The van der Waals surface area contributed by atoms with E-state index in [0.717, 1.165) is 35.4 Å². The van der Waals surface area contributed by atoms with Crippen molar-refractivity contribution in [1.82, 2.24) is 9.55 Å². The Labute approximate surface area is 110 Å². The van der Waals surface area contributed by atoms with Crippen LogP contribution in [0.3, 0.4) is 0 Å². The van der Waals surface area contributed by atoms with E-state index in [0.29, 0.717) is 0 Å². The summed E-state index contributed by atoms with van der Waals surface area (Å²) in [5, 5.41) is 0. The Morgan fingerprint density at radius 3 is 2.94 bits per heavy atom. The van der Waals surface area contributed by atoms with Crippen molar-refractivity contribution in [3.8, 4) is 0 Å². The number of nitrogens with zero attached hydrogens (tertiary/aromatic N) is 2. The molecule has 1 aromatic heterocycles. The van der Waals surface area contributed by atoms with Gasteiger partial charge in [0.2, 0.25) is 0 Å². The second-order valence-electron chi connectivity index (χ2n) is 4.08. The van der Waals surface area contributed by atoms with Gasteiger partial charge in [0.25, 0.3) is 0 Å². The number of imidazole rings is 1. The smallest absolute Gasteiger partial charge is 0.108 e. The van der Waals surface area contributed by atoms with Gasteiger partial charge >= 0.3 is 0 Å². The summed E-state index contributed by atoms with van der Waals surface area (Å²) in [6, 6.07) is 6.07. The third-order valence-electron chi connectivity index (χ3n) is 2.69. The number of hydrogen-bond donors (Lipinski definition) is 1. The highest BCUT2D eigenvalue weighted by atomic mass is 79.9. The van der Waals surface area contributed by atoms with Crippen molar-refractivity contribution in [2.24, 2.45) is 0 Å². The third-order valence-corrected chi connectivity index (χ3v) is 3.41. The minimum Gasteiger partial charge on any atom is -0.398 e. The van der Waals surface area contributed by atoms with Gasteiger partial charge in [-0.05, 0) is 40.0 Å². The van der Waals surface area contributed by atoms with Crippen molar-refractivity contribution in [1.29, 1.82) is 0 Å². The van der Waals surface area contributed by atoms with Crippen molar-refractivity contribution >= 4 is 21.6 Å². The number of anilines is 1. The average Bonchev–Trinajstić information content (AvgIpc) is 2.72. The van der Waals surface area contributed by atoms with Gasteiger partial charge < -0.3 is 10.3 Å². The van der Waals surface area contributed by atoms with E-state index in [1.165, 1.54) is 5.56 Å². The van der Waals surface area contributed by atoms with E-state index in [2.05, 4.69) is 38.5 Å². The molecule has 2 aromatic rings. The number of halogens is 1. The van der Waals surface area contributed by atoms with Gasteiger partial charge in [-0.15, -0.1) is 0 Å². The van der Waals surface area contributed by atoms with Gasteiger partial charge in [-0.25, -0.2) is 4.98 Å². The summed E-state index contributed by atoms with van der Waals surface area (Å²) in [5.74, 6) is 1.13. The van der Waals surface area contributed by atoms with Crippen LogP contribution in [-0.2, 0) is 13.0 Å². The van der Waals surface area contributed by atoms with Crippen molar-refractivity contribution < 1.29 is 0 Å². The molecule has 0 aliphatic rings. The fraction of sp³-hybridized carbons (Fsp3) is 0.308. The van der Waals surface area contributed by atoms with Gasteiger partial charge in [-0.3, -0.25) is 0 Å². The summed E-state index contributed by atoms with van der Waals surface area (Å²) in [7, 11) is 0. The molecule has 2 rings (SSSR count). The fourth-order valence-electron chi connectivity index (χ4n) is 1.82. The fourth-order valence-corrected chi connectivity index (χ4v) is 2.07. The molecule has 0 aliphatic carbocycles. The topological polar surface area (TPSA) is 43.8 Å². The van der Waals surface area contributed by atoms with Crippen LogP contribution in [0.1, 0.15) is 24.7 Å². The minimum absolute atomic E-state index is 0.777. The van der Waals surface area contributed by atoms with Gasteiger partial charge in [-0.2, -0.15) is 0 Å². The first kappa shape index (κ1) is 12.2. The van der Waals surface area contributed by atoms with Crippen LogP contribution in [0.25, 0.3) is 0 Å². The van der Waals surface area contributed by atoms with E-state index < -0.39 is 0 Å². The lowest BCUT2D eigenvalue weighted by atomic mass is 10.2. The summed E-state index contributed by atoms with van der Waals surface area (Å²) in [6.07, 6.45) is 5.99. The molecular formula is C13H16BrN3. The van der Waals surface area contributed by atoms with Crippen molar-refractivity contribution in [2.75, 3.05) is 5.73 Å². The van der Waals surface area contributed by atoms with E-state index in [9.17, 15) is 0 Å². The molecule has 3 nitrogen and oxygen atoms in total. The maximum Gasteiger partial charge on any atom is 0.108 e. The van der Waals surface area contributed by atoms with Crippen LogP contribution in [-0.4, -0.2) is 9.55 Å². The Kier molecular flexibility index (Phi) is 3.84. The van der Waals surface area contributed by atoms with E-state index in [4.69, 9.17) is 5.73 Å². The van der Waals surface area contributed by atoms with E-state index in [1.807, 2.05) is 24.5 Å². The largest absolute Gasteiger partial charge is 0.398 e. The molecule has 1 heterocycles. The highest BCUT2D eigenvalue weighted by molar-refractivity contribution is 9.10. The number of aromatic nitrogens is 2. The number of benzene rings is 1. The lowest BCUT2D eigenvalue weighted by molar-refractivity contribution is 0.705. The zero-order chi connectivity index (χ0) is 12.3. The van der Waals surface area contributed by atoms with Gasteiger partial charge in [0.05, 0.1) is 0 Å². The zero-order valence-corrected chi connectivity index (χ0v) is 11.4. The molecule has 0 radical (unpaired) electrons. The monoisotopic (exact) mass is 293 g/mol. The van der Waals surface area contributed by atoms with Crippen molar-refractivity contribution in [3.05, 3.63) is 46.5 Å². The highest BCUT2D eigenvalue weighted by Crippen LogP contribution is 2.21. The van der Waals surface area contributed by atoms with Gasteiger partial charge in [-0.1, -0.05) is 13.0 Å². The third kappa shape index (κ3) is 2.88. The highest BCUT2D eigenvalue weighted by Gasteiger charge is 2.03. The zero-order valence-electron chi connectivity index (χ0n) is 9.86. The second kappa shape index (κ2) is 5.36. The molecule has 0 fully saturated rings. The average molecular weight is 294 g/mol. The molecule has 0 saturated heterocycles. The summed E-state index contributed by atoms with van der Waals surface area (Å²) >= 11 is 3.40. The molecule has 0 unspecified atom stereocenters. The molecule has 2 N–H and O–H groups in total. The van der Waals surface area contributed by atoms with Gasteiger partial charge in [0.1, 0.15) is 5.82 Å². The van der Waals surface area contributed by atoms with Gasteiger partial charge in [0, 0.05) is 35.5 Å². The molecular weight excluding hydrogens is 278 g/mol. The lowest BCUT2D eigenvalue weighted by Gasteiger charge is -2.08. The predicted molar refractivity (Wildman–Crippen MR) is 73.9 cm³/mol. The molecule has 4 heteroatoms. The summed E-state index contributed by atoms with van der Waals surface area (Å²) in [6.45, 7) is 2.99. The molecule has 0 amide bonds. The van der Waals surface area contributed by atoms with Crippen LogP contribution >= 0.6 is 15.9 Å². The number of rotatable bonds is 4. The second-order valence-corrected chi connectivity index (χ2v) is 4.93. The molecule has 0 atom stereocenters. The standard InChI is InChI=1S/C13H16BrN3/c1-2-3-13-16-6-7-17(13)9-10-4-5-11(14)12(15)8-10/h4-8H,2-3,9,15H2,1H3.